The van der Waals surface area contributed by atoms with E-state index in [1.165, 1.54) is 10.5 Å². The third kappa shape index (κ3) is 4.47. The average Bonchev–Trinajstić information content (AvgIpc) is 2.63. The van der Waals surface area contributed by atoms with Crippen molar-refractivity contribution in [3.63, 3.8) is 0 Å². The summed E-state index contributed by atoms with van der Waals surface area (Å²) in [4.78, 5) is 15.9. The molecule has 0 aromatic heterocycles. The van der Waals surface area contributed by atoms with Crippen molar-refractivity contribution in [1.82, 2.24) is 4.90 Å². The molecule has 0 spiro atoms. The Balaban J connectivity index is 1.49. The minimum atomic E-state index is 0.0800. The van der Waals surface area contributed by atoms with Crippen LogP contribution in [0.1, 0.15) is 15.9 Å². The SMILES string of the molecule is O=C(c1cccc(Cl)c1)N1CC[NH+](CC=Cc2ccccc2)CC1. The molecule has 0 saturated carbocycles. The highest BCUT2D eigenvalue weighted by Gasteiger charge is 2.23. The number of hydrogen-bond acceptors (Lipinski definition) is 1. The third-order valence-corrected chi connectivity index (χ3v) is 4.58. The van der Waals surface area contributed by atoms with Crippen molar-refractivity contribution in [2.75, 3.05) is 32.7 Å². The molecule has 1 saturated heterocycles. The first-order chi connectivity index (χ1) is 11.7. The molecule has 1 aliphatic heterocycles. The van der Waals surface area contributed by atoms with Crippen LogP contribution in [0.4, 0.5) is 0 Å². The zero-order chi connectivity index (χ0) is 16.8. The molecule has 1 fully saturated rings. The van der Waals surface area contributed by atoms with E-state index in [0.717, 1.165) is 32.7 Å². The van der Waals surface area contributed by atoms with Crippen LogP contribution in [-0.2, 0) is 0 Å². The lowest BCUT2D eigenvalue weighted by molar-refractivity contribution is -0.898. The number of nitrogens with one attached hydrogen (secondary N) is 1. The Kier molecular flexibility index (Phi) is 5.68. The summed E-state index contributed by atoms with van der Waals surface area (Å²) in [5.74, 6) is 0.0800. The van der Waals surface area contributed by atoms with Crippen molar-refractivity contribution >= 4 is 23.6 Å². The number of nitrogens with zero attached hydrogens (tertiary/aromatic N) is 1. The van der Waals surface area contributed by atoms with Crippen LogP contribution in [0.5, 0.6) is 0 Å². The first-order valence-electron chi connectivity index (χ1n) is 8.32. The van der Waals surface area contributed by atoms with Gasteiger partial charge in [0.05, 0.1) is 32.7 Å². The van der Waals surface area contributed by atoms with Crippen LogP contribution in [-0.4, -0.2) is 43.5 Å². The topological polar surface area (TPSA) is 24.8 Å². The Bertz CT molecular complexity index is 707. The van der Waals surface area contributed by atoms with Gasteiger partial charge in [0.1, 0.15) is 0 Å². The van der Waals surface area contributed by atoms with E-state index in [1.54, 1.807) is 12.1 Å². The summed E-state index contributed by atoms with van der Waals surface area (Å²) in [6.07, 6.45) is 4.38. The summed E-state index contributed by atoms with van der Waals surface area (Å²) >= 11 is 5.98. The first-order valence-corrected chi connectivity index (χ1v) is 8.70. The van der Waals surface area contributed by atoms with Crippen LogP contribution in [0.3, 0.4) is 0 Å². The van der Waals surface area contributed by atoms with Crippen LogP contribution in [0.2, 0.25) is 5.02 Å². The summed E-state index contributed by atoms with van der Waals surface area (Å²) in [6, 6.07) is 17.5. The highest BCUT2D eigenvalue weighted by Crippen LogP contribution is 2.12. The number of halogens is 1. The Morgan fingerprint density at radius 3 is 2.54 bits per heavy atom. The minimum absolute atomic E-state index is 0.0800. The molecule has 1 N–H and O–H groups in total. The average molecular weight is 342 g/mol. The number of carbonyl (C=O) groups excluding carboxylic acids is 1. The highest BCUT2D eigenvalue weighted by atomic mass is 35.5. The van der Waals surface area contributed by atoms with Gasteiger partial charge >= 0.3 is 0 Å². The monoisotopic (exact) mass is 341 g/mol. The second-order valence-corrected chi connectivity index (χ2v) is 6.51. The number of quaternary nitrogens is 1. The summed E-state index contributed by atoms with van der Waals surface area (Å²) < 4.78 is 0. The lowest BCUT2D eigenvalue weighted by atomic mass is 10.2. The van der Waals surface area contributed by atoms with Crippen molar-refractivity contribution in [2.45, 2.75) is 0 Å². The van der Waals surface area contributed by atoms with Crippen molar-refractivity contribution in [2.24, 2.45) is 0 Å². The zero-order valence-electron chi connectivity index (χ0n) is 13.6. The fraction of sp³-hybridized carbons (Fsp3) is 0.250. The van der Waals surface area contributed by atoms with Crippen LogP contribution in [0.25, 0.3) is 6.08 Å². The molecule has 0 atom stereocenters. The molecule has 2 aromatic rings. The van der Waals surface area contributed by atoms with Crippen LogP contribution >= 0.6 is 11.6 Å². The normalized spacial score (nSPS) is 15.8. The first kappa shape index (κ1) is 16.7. The van der Waals surface area contributed by atoms with E-state index in [-0.39, 0.29) is 5.91 Å². The van der Waals surface area contributed by atoms with Gasteiger partial charge in [-0.2, -0.15) is 0 Å². The molecule has 1 aliphatic rings. The van der Waals surface area contributed by atoms with E-state index in [9.17, 15) is 4.79 Å². The lowest BCUT2D eigenvalue weighted by Crippen LogP contribution is -3.14. The van der Waals surface area contributed by atoms with Gasteiger partial charge in [0.15, 0.2) is 0 Å². The second kappa shape index (κ2) is 8.13. The minimum Gasteiger partial charge on any atom is -0.329 e. The molecule has 3 rings (SSSR count). The van der Waals surface area contributed by atoms with E-state index in [4.69, 9.17) is 11.6 Å². The standard InChI is InChI=1S/C20H21ClN2O/c21-19-10-4-9-18(16-19)20(24)23-14-12-22(13-15-23)11-5-8-17-6-2-1-3-7-17/h1-10,16H,11-15H2/p+1. The van der Waals surface area contributed by atoms with Gasteiger partial charge in [0.2, 0.25) is 0 Å². The molecular formula is C20H22ClN2O+. The molecule has 0 radical (unpaired) electrons. The van der Waals surface area contributed by atoms with Gasteiger partial charge in [-0.15, -0.1) is 0 Å². The molecule has 0 bridgehead atoms. The molecule has 1 heterocycles. The van der Waals surface area contributed by atoms with E-state index >= 15 is 0 Å². The molecule has 0 aliphatic carbocycles. The van der Waals surface area contributed by atoms with Crippen molar-refractivity contribution in [3.8, 4) is 0 Å². The van der Waals surface area contributed by atoms with Gasteiger partial charge in [0, 0.05) is 10.6 Å². The molecule has 4 heteroatoms. The quantitative estimate of drug-likeness (QED) is 0.907. The Morgan fingerprint density at radius 1 is 1.08 bits per heavy atom. The molecule has 124 valence electrons. The maximum absolute atomic E-state index is 12.5. The highest BCUT2D eigenvalue weighted by molar-refractivity contribution is 6.30. The number of rotatable bonds is 4. The number of piperazine rings is 1. The smallest absolute Gasteiger partial charge is 0.254 e. The third-order valence-electron chi connectivity index (χ3n) is 4.35. The summed E-state index contributed by atoms with van der Waals surface area (Å²) in [6.45, 7) is 4.53. The van der Waals surface area contributed by atoms with Crippen LogP contribution < -0.4 is 4.90 Å². The second-order valence-electron chi connectivity index (χ2n) is 6.07. The molecule has 3 nitrogen and oxygen atoms in total. The Morgan fingerprint density at radius 2 is 1.83 bits per heavy atom. The maximum Gasteiger partial charge on any atom is 0.254 e. The van der Waals surface area contributed by atoms with Gasteiger partial charge in [-0.3, -0.25) is 4.79 Å². The maximum atomic E-state index is 12.5. The van der Waals surface area contributed by atoms with E-state index in [2.05, 4.69) is 24.3 Å². The summed E-state index contributed by atoms with van der Waals surface area (Å²) in [7, 11) is 0. The predicted octanol–water partition coefficient (Wildman–Crippen LogP) is 2.39. The van der Waals surface area contributed by atoms with Gasteiger partial charge in [0.25, 0.3) is 5.91 Å². The van der Waals surface area contributed by atoms with Gasteiger partial charge in [-0.25, -0.2) is 0 Å². The fourth-order valence-electron chi connectivity index (χ4n) is 2.96. The van der Waals surface area contributed by atoms with E-state index < -0.39 is 0 Å². The predicted molar refractivity (Wildman–Crippen MR) is 98.4 cm³/mol. The van der Waals surface area contributed by atoms with Gasteiger partial charge < -0.3 is 9.80 Å². The molecule has 2 aromatic carbocycles. The molecular weight excluding hydrogens is 320 g/mol. The van der Waals surface area contributed by atoms with E-state index in [1.807, 2.05) is 35.2 Å². The van der Waals surface area contributed by atoms with Crippen LogP contribution in [0.15, 0.2) is 60.7 Å². The number of hydrogen-bond donors (Lipinski definition) is 1. The summed E-state index contributed by atoms with van der Waals surface area (Å²) in [5, 5.41) is 0.608. The van der Waals surface area contributed by atoms with Gasteiger partial charge in [-0.1, -0.05) is 54.1 Å². The number of amides is 1. The fourth-order valence-corrected chi connectivity index (χ4v) is 3.15. The molecule has 1 amide bonds. The van der Waals surface area contributed by atoms with E-state index in [0.29, 0.717) is 10.6 Å². The molecule has 24 heavy (non-hydrogen) atoms. The largest absolute Gasteiger partial charge is 0.329 e. The summed E-state index contributed by atoms with van der Waals surface area (Å²) in [5.41, 5.74) is 1.90. The van der Waals surface area contributed by atoms with Gasteiger partial charge in [-0.05, 0) is 29.8 Å². The number of carbonyl (C=O) groups is 1. The lowest BCUT2D eigenvalue weighted by Gasteiger charge is -2.31. The molecule has 0 unspecified atom stereocenters. The zero-order valence-corrected chi connectivity index (χ0v) is 14.4. The number of benzene rings is 2. The van der Waals surface area contributed by atoms with Crippen molar-refractivity contribution in [1.29, 1.82) is 0 Å². The van der Waals surface area contributed by atoms with Crippen LogP contribution in [0, 0.1) is 0 Å². The van der Waals surface area contributed by atoms with Crippen molar-refractivity contribution < 1.29 is 9.69 Å². The Labute approximate surface area is 148 Å². The van der Waals surface area contributed by atoms with Crippen molar-refractivity contribution in [3.05, 3.63) is 76.8 Å². The Hall–Kier alpha value is -2.10.